The predicted molar refractivity (Wildman–Crippen MR) is 60.2 cm³/mol. The first-order valence-corrected chi connectivity index (χ1v) is 5.62. The van der Waals surface area contributed by atoms with Gasteiger partial charge in [0.05, 0.1) is 0 Å². The number of hydrogen-bond acceptors (Lipinski definition) is 3. The van der Waals surface area contributed by atoms with E-state index in [1.165, 1.54) is 0 Å². The van der Waals surface area contributed by atoms with Gasteiger partial charge in [0.1, 0.15) is 0 Å². The highest BCUT2D eigenvalue weighted by Crippen LogP contribution is 2.15. The summed E-state index contributed by atoms with van der Waals surface area (Å²) in [6, 6.07) is 3.84. The number of rotatable bonds is 4. The van der Waals surface area contributed by atoms with Crippen molar-refractivity contribution in [2.24, 2.45) is 0 Å². The molecule has 2 heterocycles. The molecule has 0 aliphatic carbocycles. The summed E-state index contributed by atoms with van der Waals surface area (Å²) < 4.78 is 5.55. The monoisotopic (exact) mass is 224 g/mol. The van der Waals surface area contributed by atoms with Gasteiger partial charge in [0.15, 0.2) is 17.1 Å². The summed E-state index contributed by atoms with van der Waals surface area (Å²) in [6.45, 7) is 1.95. The number of hydrogen-bond donors (Lipinski definition) is 0. The van der Waals surface area contributed by atoms with Gasteiger partial charge in [-0.15, -0.1) is 11.6 Å². The summed E-state index contributed by atoms with van der Waals surface area (Å²) in [5.41, 5.74) is 2.43. The second kappa shape index (κ2) is 4.62. The number of nitrogens with zero attached hydrogens (tertiary/aromatic N) is 2. The molecule has 2 aromatic heterocycles. The predicted octanol–water partition coefficient (Wildman–Crippen LogP) is 3.09. The third-order valence-corrected chi connectivity index (χ3v) is 2.48. The van der Waals surface area contributed by atoms with E-state index in [9.17, 15) is 0 Å². The number of halogens is 1. The van der Waals surface area contributed by atoms with Crippen LogP contribution in [0.1, 0.15) is 24.4 Å². The van der Waals surface area contributed by atoms with E-state index in [4.69, 9.17) is 16.0 Å². The van der Waals surface area contributed by atoms with E-state index in [1.807, 2.05) is 19.1 Å². The lowest BCUT2D eigenvalue weighted by Gasteiger charge is -1.91. The van der Waals surface area contributed by atoms with Crippen molar-refractivity contribution in [3.05, 3.63) is 23.7 Å². The number of alkyl halides is 1. The molecular formula is C11H13ClN2O. The Kier molecular flexibility index (Phi) is 3.21. The average Bonchev–Trinajstić information content (AvgIpc) is 2.60. The lowest BCUT2D eigenvalue weighted by atomic mass is 10.2. The van der Waals surface area contributed by atoms with Gasteiger partial charge in [0.2, 0.25) is 0 Å². The van der Waals surface area contributed by atoms with Crippen LogP contribution in [0.25, 0.3) is 11.2 Å². The minimum absolute atomic E-state index is 0.692. The fourth-order valence-corrected chi connectivity index (χ4v) is 1.62. The van der Waals surface area contributed by atoms with Crippen molar-refractivity contribution in [3.8, 4) is 0 Å². The molecule has 4 heteroatoms. The SMILES string of the molecule is Cc1ccc2oc(CCCCCl)nc2n1. The maximum atomic E-state index is 5.60. The van der Waals surface area contributed by atoms with Crippen LogP contribution in [0.15, 0.2) is 16.5 Å². The van der Waals surface area contributed by atoms with Gasteiger partial charge >= 0.3 is 0 Å². The van der Waals surface area contributed by atoms with Crippen LogP contribution in [0.5, 0.6) is 0 Å². The third kappa shape index (κ3) is 2.48. The molecule has 2 rings (SSSR count). The maximum Gasteiger partial charge on any atom is 0.199 e. The van der Waals surface area contributed by atoms with Gasteiger partial charge in [-0.2, -0.15) is 4.98 Å². The Morgan fingerprint density at radius 1 is 1.27 bits per heavy atom. The van der Waals surface area contributed by atoms with E-state index in [-0.39, 0.29) is 0 Å². The fourth-order valence-electron chi connectivity index (χ4n) is 1.44. The third-order valence-electron chi connectivity index (χ3n) is 2.21. The van der Waals surface area contributed by atoms with Crippen molar-refractivity contribution < 1.29 is 4.42 Å². The topological polar surface area (TPSA) is 38.9 Å². The van der Waals surface area contributed by atoms with Crippen molar-refractivity contribution in [1.29, 1.82) is 0 Å². The Balaban J connectivity index is 2.16. The summed E-state index contributed by atoms with van der Waals surface area (Å²) in [7, 11) is 0. The molecule has 0 fully saturated rings. The second-order valence-electron chi connectivity index (χ2n) is 3.53. The normalized spacial score (nSPS) is 11.1. The van der Waals surface area contributed by atoms with Gasteiger partial charge in [0.25, 0.3) is 0 Å². The lowest BCUT2D eigenvalue weighted by molar-refractivity contribution is 0.518. The van der Waals surface area contributed by atoms with Crippen LogP contribution in [0.4, 0.5) is 0 Å². The lowest BCUT2D eigenvalue weighted by Crippen LogP contribution is -1.86. The zero-order valence-electron chi connectivity index (χ0n) is 8.66. The Morgan fingerprint density at radius 2 is 2.13 bits per heavy atom. The molecule has 0 bridgehead atoms. The molecule has 0 amide bonds. The molecule has 0 atom stereocenters. The Bertz CT molecular complexity index is 453. The first kappa shape index (κ1) is 10.4. The highest BCUT2D eigenvalue weighted by atomic mass is 35.5. The van der Waals surface area contributed by atoms with Crippen LogP contribution in [-0.4, -0.2) is 15.8 Å². The van der Waals surface area contributed by atoms with E-state index >= 15 is 0 Å². The number of aryl methyl sites for hydroxylation is 2. The molecule has 0 aliphatic heterocycles. The van der Waals surface area contributed by atoms with Gasteiger partial charge < -0.3 is 4.42 Å². The molecule has 0 N–H and O–H groups in total. The smallest absolute Gasteiger partial charge is 0.199 e. The van der Waals surface area contributed by atoms with Gasteiger partial charge in [-0.3, -0.25) is 0 Å². The highest BCUT2D eigenvalue weighted by Gasteiger charge is 2.06. The minimum atomic E-state index is 0.692. The molecule has 15 heavy (non-hydrogen) atoms. The Hall–Kier alpha value is -1.09. The standard InChI is InChI=1S/C11H13ClN2O/c1-8-5-6-9-11(13-8)14-10(15-9)4-2-3-7-12/h5-6H,2-4,7H2,1H3. The second-order valence-corrected chi connectivity index (χ2v) is 3.91. The molecule has 2 aromatic rings. The number of aromatic nitrogens is 2. The van der Waals surface area contributed by atoms with Crippen LogP contribution in [-0.2, 0) is 6.42 Å². The molecular weight excluding hydrogens is 212 g/mol. The van der Waals surface area contributed by atoms with E-state index in [2.05, 4.69) is 9.97 Å². The van der Waals surface area contributed by atoms with Crippen molar-refractivity contribution in [2.75, 3.05) is 5.88 Å². The summed E-state index contributed by atoms with van der Waals surface area (Å²) in [5.74, 6) is 1.45. The first-order chi connectivity index (χ1) is 7.29. The van der Waals surface area contributed by atoms with Crippen LogP contribution < -0.4 is 0 Å². The zero-order valence-corrected chi connectivity index (χ0v) is 9.42. The van der Waals surface area contributed by atoms with Gasteiger partial charge in [0, 0.05) is 18.0 Å². The fraction of sp³-hybridized carbons (Fsp3) is 0.455. The molecule has 0 radical (unpaired) electrons. The zero-order chi connectivity index (χ0) is 10.7. The maximum absolute atomic E-state index is 5.60. The van der Waals surface area contributed by atoms with Crippen LogP contribution in [0, 0.1) is 6.92 Å². The summed E-state index contributed by atoms with van der Waals surface area (Å²) >= 11 is 5.60. The van der Waals surface area contributed by atoms with Gasteiger partial charge in [-0.1, -0.05) is 0 Å². The number of unbranched alkanes of at least 4 members (excludes halogenated alkanes) is 1. The molecule has 3 nitrogen and oxygen atoms in total. The van der Waals surface area contributed by atoms with Crippen molar-refractivity contribution in [2.45, 2.75) is 26.2 Å². The van der Waals surface area contributed by atoms with Crippen LogP contribution in [0.3, 0.4) is 0 Å². The average molecular weight is 225 g/mol. The van der Waals surface area contributed by atoms with Crippen molar-refractivity contribution in [3.63, 3.8) is 0 Å². The quantitative estimate of drug-likeness (QED) is 0.592. The minimum Gasteiger partial charge on any atom is -0.439 e. The summed E-state index contributed by atoms with van der Waals surface area (Å²) in [6.07, 6.45) is 2.84. The molecule has 0 unspecified atom stereocenters. The van der Waals surface area contributed by atoms with Crippen molar-refractivity contribution in [1.82, 2.24) is 9.97 Å². The van der Waals surface area contributed by atoms with E-state index in [0.717, 1.165) is 36.4 Å². The van der Waals surface area contributed by atoms with E-state index < -0.39 is 0 Å². The largest absolute Gasteiger partial charge is 0.439 e. The van der Waals surface area contributed by atoms with Crippen LogP contribution in [0.2, 0.25) is 0 Å². The highest BCUT2D eigenvalue weighted by molar-refractivity contribution is 6.17. The van der Waals surface area contributed by atoms with Crippen LogP contribution >= 0.6 is 11.6 Å². The van der Waals surface area contributed by atoms with E-state index in [0.29, 0.717) is 11.5 Å². The molecule has 0 saturated carbocycles. The molecule has 0 saturated heterocycles. The number of pyridine rings is 1. The molecule has 0 aliphatic rings. The molecule has 0 spiro atoms. The number of oxazole rings is 1. The number of fused-ring (bicyclic) bond motifs is 1. The molecule has 0 aromatic carbocycles. The van der Waals surface area contributed by atoms with E-state index in [1.54, 1.807) is 0 Å². The summed E-state index contributed by atoms with van der Waals surface area (Å²) in [4.78, 5) is 8.62. The Morgan fingerprint density at radius 3 is 2.93 bits per heavy atom. The molecule has 80 valence electrons. The first-order valence-electron chi connectivity index (χ1n) is 5.08. The van der Waals surface area contributed by atoms with Crippen molar-refractivity contribution >= 4 is 22.8 Å². The summed E-state index contributed by atoms with van der Waals surface area (Å²) in [5, 5.41) is 0. The van der Waals surface area contributed by atoms with Gasteiger partial charge in [-0.25, -0.2) is 4.98 Å². The van der Waals surface area contributed by atoms with Gasteiger partial charge in [-0.05, 0) is 31.9 Å². The Labute approximate surface area is 93.5 Å².